The first kappa shape index (κ1) is 12.4. The molecule has 5 heteroatoms. The molecule has 1 N–H and O–H groups in total. The largest absolute Gasteiger partial charge is 0.444 e. The van der Waals surface area contributed by atoms with Crippen LogP contribution < -0.4 is 5.32 Å². The van der Waals surface area contributed by atoms with E-state index in [9.17, 15) is 9.59 Å². The van der Waals surface area contributed by atoms with Crippen molar-refractivity contribution in [1.29, 1.82) is 5.26 Å². The molecule has 0 spiro atoms. The minimum Gasteiger partial charge on any atom is -0.444 e. The van der Waals surface area contributed by atoms with Crippen LogP contribution in [0.15, 0.2) is 0 Å². The summed E-state index contributed by atoms with van der Waals surface area (Å²) in [4.78, 5) is 21.3. The van der Waals surface area contributed by atoms with Gasteiger partial charge in [-0.25, -0.2) is 4.79 Å². The van der Waals surface area contributed by atoms with Gasteiger partial charge < -0.3 is 10.1 Å². The zero-order valence-corrected chi connectivity index (χ0v) is 8.46. The molecule has 0 aliphatic carbocycles. The van der Waals surface area contributed by atoms with Crippen molar-refractivity contribution in [2.45, 2.75) is 38.8 Å². The van der Waals surface area contributed by atoms with E-state index < -0.39 is 17.7 Å². The smallest absolute Gasteiger partial charge is 0.408 e. The van der Waals surface area contributed by atoms with E-state index in [1.807, 2.05) is 0 Å². The van der Waals surface area contributed by atoms with E-state index in [-0.39, 0.29) is 6.42 Å². The lowest BCUT2D eigenvalue weighted by atomic mass is 10.2. The predicted octanol–water partition coefficient (Wildman–Crippen LogP) is 0.903. The number of carbonyl (C=O) groups is 1. The topological polar surface area (TPSA) is 79.2 Å². The van der Waals surface area contributed by atoms with E-state index in [1.54, 1.807) is 26.8 Å². The van der Waals surface area contributed by atoms with Crippen molar-refractivity contribution in [3.05, 3.63) is 0 Å². The van der Waals surface area contributed by atoms with Gasteiger partial charge in [-0.05, 0) is 20.8 Å². The van der Waals surface area contributed by atoms with E-state index in [0.29, 0.717) is 0 Å². The van der Waals surface area contributed by atoms with Gasteiger partial charge in [-0.2, -0.15) is 5.26 Å². The van der Waals surface area contributed by atoms with Crippen LogP contribution in [0.1, 0.15) is 27.2 Å². The molecule has 0 aliphatic heterocycles. The van der Waals surface area contributed by atoms with E-state index in [0.717, 1.165) is 0 Å². The SMILES string of the molecule is CC(C)(C)OC(=O)NC([C]=O)CC#N. The molecular weight excluding hydrogens is 184 g/mol. The Bertz CT molecular complexity index is 250. The summed E-state index contributed by atoms with van der Waals surface area (Å²) in [5, 5.41) is 10.5. The van der Waals surface area contributed by atoms with Gasteiger partial charge in [0.05, 0.1) is 12.5 Å². The molecule has 14 heavy (non-hydrogen) atoms. The molecule has 0 saturated heterocycles. The number of ether oxygens (including phenoxy) is 1. The summed E-state index contributed by atoms with van der Waals surface area (Å²) >= 11 is 0. The van der Waals surface area contributed by atoms with Crippen molar-refractivity contribution < 1.29 is 14.3 Å². The maximum Gasteiger partial charge on any atom is 0.408 e. The molecule has 0 fully saturated rings. The third kappa shape index (κ3) is 6.00. The molecule has 0 aliphatic rings. The van der Waals surface area contributed by atoms with E-state index in [2.05, 4.69) is 5.32 Å². The van der Waals surface area contributed by atoms with Crippen molar-refractivity contribution in [3.8, 4) is 6.07 Å². The Hall–Kier alpha value is -1.57. The Balaban J connectivity index is 4.05. The number of nitrogens with zero attached hydrogens (tertiary/aromatic N) is 1. The van der Waals surface area contributed by atoms with Gasteiger partial charge in [-0.15, -0.1) is 0 Å². The number of rotatable bonds is 3. The molecular formula is C9H13N2O3. The lowest BCUT2D eigenvalue weighted by Gasteiger charge is -2.20. The van der Waals surface area contributed by atoms with E-state index in [4.69, 9.17) is 10.00 Å². The number of carbonyl (C=O) groups excluding carboxylic acids is 2. The number of nitriles is 1. The first-order chi connectivity index (χ1) is 6.39. The van der Waals surface area contributed by atoms with Crippen molar-refractivity contribution >= 4 is 12.4 Å². The Morgan fingerprint density at radius 3 is 2.50 bits per heavy atom. The predicted molar refractivity (Wildman–Crippen MR) is 49.1 cm³/mol. The third-order valence-electron chi connectivity index (χ3n) is 1.13. The summed E-state index contributed by atoms with van der Waals surface area (Å²) < 4.78 is 4.88. The van der Waals surface area contributed by atoms with Gasteiger partial charge in [0.25, 0.3) is 0 Å². The fraction of sp³-hybridized carbons (Fsp3) is 0.667. The number of alkyl carbamates (subject to hydrolysis) is 1. The second kappa shape index (κ2) is 5.22. The number of amides is 1. The third-order valence-corrected chi connectivity index (χ3v) is 1.13. The van der Waals surface area contributed by atoms with Gasteiger partial charge in [0.1, 0.15) is 11.6 Å². The van der Waals surface area contributed by atoms with E-state index in [1.165, 1.54) is 6.29 Å². The van der Waals surface area contributed by atoms with Gasteiger partial charge in [-0.1, -0.05) is 0 Å². The van der Waals surface area contributed by atoms with Gasteiger partial charge in [0.2, 0.25) is 6.29 Å². The zero-order valence-electron chi connectivity index (χ0n) is 8.46. The number of hydrogen-bond donors (Lipinski definition) is 1. The first-order valence-corrected chi connectivity index (χ1v) is 4.13. The van der Waals surface area contributed by atoms with Crippen LogP contribution in [0.2, 0.25) is 0 Å². The standard InChI is InChI=1S/C9H13N2O3/c1-9(2,3)14-8(13)11-7(6-12)4-5-10/h7H,4H2,1-3H3,(H,11,13). The van der Waals surface area contributed by atoms with Crippen molar-refractivity contribution in [1.82, 2.24) is 5.32 Å². The first-order valence-electron chi connectivity index (χ1n) is 4.13. The molecule has 0 bridgehead atoms. The number of hydrogen-bond acceptors (Lipinski definition) is 4. The Morgan fingerprint density at radius 1 is 1.57 bits per heavy atom. The van der Waals surface area contributed by atoms with Gasteiger partial charge in [0.15, 0.2) is 0 Å². The molecule has 0 aromatic heterocycles. The van der Waals surface area contributed by atoms with Crippen LogP contribution in [0.5, 0.6) is 0 Å². The van der Waals surface area contributed by atoms with Crippen LogP contribution in [0.4, 0.5) is 4.79 Å². The quantitative estimate of drug-likeness (QED) is 0.729. The highest BCUT2D eigenvalue weighted by Gasteiger charge is 2.19. The summed E-state index contributed by atoms with van der Waals surface area (Å²) in [6.45, 7) is 5.11. The maximum atomic E-state index is 11.1. The molecule has 0 aromatic carbocycles. The molecule has 1 unspecified atom stereocenters. The lowest BCUT2D eigenvalue weighted by molar-refractivity contribution is 0.0518. The molecule has 1 atom stereocenters. The highest BCUT2D eigenvalue weighted by molar-refractivity contribution is 5.73. The van der Waals surface area contributed by atoms with Crippen LogP contribution in [0.25, 0.3) is 0 Å². The molecule has 1 amide bonds. The summed E-state index contributed by atoms with van der Waals surface area (Å²) in [6, 6.07) is 0.833. The van der Waals surface area contributed by atoms with Crippen LogP contribution in [-0.2, 0) is 9.53 Å². The van der Waals surface area contributed by atoms with Gasteiger partial charge >= 0.3 is 6.09 Å². The average Bonchev–Trinajstić information content (AvgIpc) is 2.00. The summed E-state index contributed by atoms with van der Waals surface area (Å²) in [7, 11) is 0. The fourth-order valence-electron chi connectivity index (χ4n) is 0.663. The Labute approximate surface area is 83.0 Å². The van der Waals surface area contributed by atoms with Crippen LogP contribution in [-0.4, -0.2) is 24.0 Å². The minimum absolute atomic E-state index is 0.108. The summed E-state index contributed by atoms with van der Waals surface area (Å²) in [5.74, 6) is 0. The van der Waals surface area contributed by atoms with Crippen molar-refractivity contribution in [2.75, 3.05) is 0 Å². The van der Waals surface area contributed by atoms with Crippen molar-refractivity contribution in [2.24, 2.45) is 0 Å². The molecule has 0 saturated carbocycles. The summed E-state index contributed by atoms with van der Waals surface area (Å²) in [5.41, 5.74) is -0.621. The molecule has 77 valence electrons. The highest BCUT2D eigenvalue weighted by Crippen LogP contribution is 2.06. The van der Waals surface area contributed by atoms with E-state index >= 15 is 0 Å². The molecule has 0 heterocycles. The molecule has 1 radical (unpaired) electrons. The molecule has 5 nitrogen and oxygen atoms in total. The normalized spacial score (nSPS) is 12.4. The van der Waals surface area contributed by atoms with Crippen LogP contribution in [0, 0.1) is 11.3 Å². The van der Waals surface area contributed by atoms with Crippen LogP contribution >= 0.6 is 0 Å². The fourth-order valence-corrected chi connectivity index (χ4v) is 0.663. The van der Waals surface area contributed by atoms with Gasteiger partial charge in [0, 0.05) is 0 Å². The summed E-state index contributed by atoms with van der Waals surface area (Å²) in [6.07, 6.45) is 0.706. The second-order valence-corrected chi connectivity index (χ2v) is 3.68. The van der Waals surface area contributed by atoms with Crippen molar-refractivity contribution in [3.63, 3.8) is 0 Å². The highest BCUT2D eigenvalue weighted by atomic mass is 16.6. The van der Waals surface area contributed by atoms with Gasteiger partial charge in [-0.3, -0.25) is 4.79 Å². The lowest BCUT2D eigenvalue weighted by Crippen LogP contribution is -2.39. The monoisotopic (exact) mass is 197 g/mol. The molecule has 0 rings (SSSR count). The zero-order chi connectivity index (χ0) is 11.2. The Morgan fingerprint density at radius 2 is 2.14 bits per heavy atom. The Kier molecular flexibility index (Phi) is 4.64. The van der Waals surface area contributed by atoms with Crippen LogP contribution in [0.3, 0.4) is 0 Å². The number of nitrogens with one attached hydrogen (secondary N) is 1. The second-order valence-electron chi connectivity index (χ2n) is 3.68. The minimum atomic E-state index is -0.921. The maximum absolute atomic E-state index is 11.1. The average molecular weight is 197 g/mol. The molecule has 0 aromatic rings.